The number of rotatable bonds is 8. The van der Waals surface area contributed by atoms with E-state index in [-0.39, 0.29) is 18.4 Å². The predicted molar refractivity (Wildman–Crippen MR) is 164 cm³/mol. The molecule has 4 heterocycles. The van der Waals surface area contributed by atoms with E-state index in [1.807, 2.05) is 6.07 Å². The van der Waals surface area contributed by atoms with Crippen LogP contribution in [0.4, 0.5) is 20.7 Å². The zero-order valence-corrected chi connectivity index (χ0v) is 25.8. The highest BCUT2D eigenvalue weighted by Gasteiger charge is 2.34. The van der Waals surface area contributed by atoms with Crippen LogP contribution in [0.1, 0.15) is 48.8 Å². The Kier molecular flexibility index (Phi) is 9.88. The van der Waals surface area contributed by atoms with Crippen LogP contribution in [0.15, 0.2) is 35.0 Å². The van der Waals surface area contributed by atoms with E-state index in [9.17, 15) is 9.18 Å². The lowest BCUT2D eigenvalue weighted by Crippen LogP contribution is -2.58. The second-order valence-electron chi connectivity index (χ2n) is 11.1. The summed E-state index contributed by atoms with van der Waals surface area (Å²) in [6.07, 6.45) is 4.93. The summed E-state index contributed by atoms with van der Waals surface area (Å²) < 4.78 is 19.4. The average molecular weight is 619 g/mol. The van der Waals surface area contributed by atoms with Gasteiger partial charge in [0.1, 0.15) is 23.0 Å². The fraction of sp³-hybridized carbons (Fsp3) is 0.500. The molecule has 0 unspecified atom stereocenters. The number of nitrogens with zero attached hydrogens (tertiary/aromatic N) is 5. The zero-order chi connectivity index (χ0) is 29.8. The summed E-state index contributed by atoms with van der Waals surface area (Å²) in [6.45, 7) is 11.2. The third-order valence-corrected chi connectivity index (χ3v) is 8.85. The lowest BCUT2D eigenvalue weighted by molar-refractivity contribution is 0.0607. The maximum Gasteiger partial charge on any atom is 0.319 e. The van der Waals surface area contributed by atoms with Crippen molar-refractivity contribution in [3.63, 3.8) is 0 Å². The van der Waals surface area contributed by atoms with Crippen LogP contribution in [-0.4, -0.2) is 70.8 Å². The van der Waals surface area contributed by atoms with Crippen LogP contribution in [0.25, 0.3) is 0 Å². The van der Waals surface area contributed by atoms with Crippen molar-refractivity contribution in [3.8, 4) is 0 Å². The van der Waals surface area contributed by atoms with Gasteiger partial charge in [0.15, 0.2) is 5.76 Å². The SMILES string of the molecule is CC[C@H]1CN(c2ncc(CNC(=O)Nc3c(C)noc3C)cc2Cl)CCN1C1CCN(Cc2ccc(Cl)cc2F)CC1. The minimum absolute atomic E-state index is 0.234. The van der Waals surface area contributed by atoms with Crippen LogP contribution in [0.3, 0.4) is 0 Å². The second kappa shape index (κ2) is 13.6. The molecule has 42 heavy (non-hydrogen) atoms. The molecule has 9 nitrogen and oxygen atoms in total. The van der Waals surface area contributed by atoms with E-state index in [1.165, 1.54) is 6.07 Å². The first kappa shape index (κ1) is 30.5. The van der Waals surface area contributed by atoms with Gasteiger partial charge in [0, 0.05) is 61.6 Å². The molecule has 1 atom stereocenters. The highest BCUT2D eigenvalue weighted by atomic mass is 35.5. The van der Waals surface area contributed by atoms with Crippen LogP contribution in [-0.2, 0) is 13.1 Å². The number of benzene rings is 1. The van der Waals surface area contributed by atoms with E-state index in [0.717, 1.165) is 63.4 Å². The Balaban J connectivity index is 1.12. The number of aromatic nitrogens is 2. The molecule has 2 aliphatic heterocycles. The molecular formula is C30H38Cl2FN7O2. The van der Waals surface area contributed by atoms with E-state index < -0.39 is 0 Å². The van der Waals surface area contributed by atoms with Crippen molar-refractivity contribution in [2.24, 2.45) is 0 Å². The topological polar surface area (TPSA) is 89.8 Å². The van der Waals surface area contributed by atoms with Crippen molar-refractivity contribution >= 4 is 40.7 Å². The van der Waals surface area contributed by atoms with E-state index >= 15 is 0 Å². The third kappa shape index (κ3) is 7.16. The molecule has 2 N–H and O–H groups in total. The lowest BCUT2D eigenvalue weighted by Gasteiger charge is -2.47. The monoisotopic (exact) mass is 617 g/mol. The van der Waals surface area contributed by atoms with Gasteiger partial charge < -0.3 is 20.1 Å². The molecular weight excluding hydrogens is 580 g/mol. The number of carbonyl (C=O) groups is 1. The quantitative estimate of drug-likeness (QED) is 0.319. The molecule has 3 aromatic rings. The molecule has 226 valence electrons. The maximum absolute atomic E-state index is 14.3. The molecule has 0 radical (unpaired) electrons. The van der Waals surface area contributed by atoms with E-state index in [2.05, 4.69) is 42.4 Å². The molecule has 0 saturated carbocycles. The largest absolute Gasteiger partial charge is 0.359 e. The van der Waals surface area contributed by atoms with Gasteiger partial charge in [0.05, 0.1) is 5.02 Å². The molecule has 0 spiro atoms. The minimum atomic E-state index is -0.352. The average Bonchev–Trinajstić information content (AvgIpc) is 3.30. The van der Waals surface area contributed by atoms with Crippen molar-refractivity contribution in [2.75, 3.05) is 42.9 Å². The number of hydrogen-bond acceptors (Lipinski definition) is 7. The van der Waals surface area contributed by atoms with Gasteiger partial charge in [-0.25, -0.2) is 14.2 Å². The number of anilines is 2. The smallest absolute Gasteiger partial charge is 0.319 e. The molecule has 12 heteroatoms. The molecule has 5 rings (SSSR count). The Bertz CT molecular complexity index is 1380. The Morgan fingerprint density at radius 2 is 1.93 bits per heavy atom. The number of aryl methyl sites for hydroxylation is 2. The van der Waals surface area contributed by atoms with Crippen molar-refractivity contribution in [2.45, 2.75) is 65.2 Å². The van der Waals surface area contributed by atoms with Gasteiger partial charge in [-0.1, -0.05) is 41.3 Å². The molecule has 2 fully saturated rings. The number of likely N-dealkylation sites (tertiary alicyclic amines) is 1. The van der Waals surface area contributed by atoms with Crippen LogP contribution in [0, 0.1) is 19.7 Å². The molecule has 2 aromatic heterocycles. The fourth-order valence-electron chi connectivity index (χ4n) is 6.01. The summed E-state index contributed by atoms with van der Waals surface area (Å²) in [6, 6.07) is 7.36. The first-order valence-electron chi connectivity index (χ1n) is 14.5. The molecule has 2 amide bonds. The Hall–Kier alpha value is -2.92. The third-order valence-electron chi connectivity index (χ3n) is 8.34. The van der Waals surface area contributed by atoms with Gasteiger partial charge in [0.2, 0.25) is 0 Å². The van der Waals surface area contributed by atoms with E-state index in [0.29, 0.717) is 51.4 Å². The van der Waals surface area contributed by atoms with E-state index in [4.69, 9.17) is 27.7 Å². The number of urea groups is 1. The van der Waals surface area contributed by atoms with Crippen molar-refractivity contribution in [1.29, 1.82) is 0 Å². The van der Waals surface area contributed by atoms with Gasteiger partial charge >= 0.3 is 6.03 Å². The molecule has 2 saturated heterocycles. The fourth-order valence-corrected chi connectivity index (χ4v) is 6.47. The summed E-state index contributed by atoms with van der Waals surface area (Å²) >= 11 is 12.6. The summed E-state index contributed by atoms with van der Waals surface area (Å²) in [4.78, 5) is 24.3. The lowest BCUT2D eigenvalue weighted by atomic mass is 9.97. The van der Waals surface area contributed by atoms with Gasteiger partial charge in [-0.3, -0.25) is 9.80 Å². The molecule has 2 aliphatic rings. The first-order valence-corrected chi connectivity index (χ1v) is 15.3. The number of nitrogens with one attached hydrogen (secondary N) is 2. The second-order valence-corrected chi connectivity index (χ2v) is 12.0. The van der Waals surface area contributed by atoms with Crippen molar-refractivity contribution < 1.29 is 13.7 Å². The number of piperidine rings is 1. The predicted octanol–water partition coefficient (Wildman–Crippen LogP) is 6.02. The number of hydrogen-bond donors (Lipinski definition) is 2. The summed E-state index contributed by atoms with van der Waals surface area (Å²) in [5.74, 6) is 1.10. The number of amides is 2. The van der Waals surface area contributed by atoms with Gasteiger partial charge in [0.25, 0.3) is 0 Å². The molecule has 0 aliphatic carbocycles. The highest BCUT2D eigenvalue weighted by Crippen LogP contribution is 2.30. The summed E-state index contributed by atoms with van der Waals surface area (Å²) in [7, 11) is 0. The number of piperazine rings is 1. The van der Waals surface area contributed by atoms with Crippen molar-refractivity contribution in [1.82, 2.24) is 25.3 Å². The first-order chi connectivity index (χ1) is 20.2. The van der Waals surface area contributed by atoms with Crippen LogP contribution < -0.4 is 15.5 Å². The van der Waals surface area contributed by atoms with Gasteiger partial charge in [-0.2, -0.15) is 0 Å². The normalized spacial score (nSPS) is 18.8. The van der Waals surface area contributed by atoms with Gasteiger partial charge in [-0.05, 0) is 70.0 Å². The summed E-state index contributed by atoms with van der Waals surface area (Å²) in [5, 5.41) is 10.5. The number of carbonyl (C=O) groups excluding carboxylic acids is 1. The van der Waals surface area contributed by atoms with Crippen molar-refractivity contribution in [3.05, 3.63) is 68.9 Å². The molecule has 0 bridgehead atoms. The van der Waals surface area contributed by atoms with Crippen LogP contribution in [0.2, 0.25) is 10.0 Å². The zero-order valence-electron chi connectivity index (χ0n) is 24.3. The molecule has 1 aromatic carbocycles. The van der Waals surface area contributed by atoms with E-state index in [1.54, 1.807) is 32.2 Å². The maximum atomic E-state index is 14.3. The standard InChI is InChI=1S/C30H38Cl2FN7O2/c1-4-24-18-39(11-12-40(24)25-7-9-38(10-8-25)17-22-5-6-23(31)14-27(22)33)29-26(32)13-21(15-34-29)16-35-30(41)36-28-19(2)37-42-20(28)3/h5-6,13-15,24-25H,4,7-12,16-18H2,1-3H3,(H2,35,36,41)/t24-/m0/s1. The Morgan fingerprint density at radius 3 is 2.60 bits per heavy atom. The van der Waals surface area contributed by atoms with Crippen LogP contribution >= 0.6 is 23.2 Å². The van der Waals surface area contributed by atoms with Crippen LogP contribution in [0.5, 0.6) is 0 Å². The number of pyridine rings is 1. The number of halogens is 3. The minimum Gasteiger partial charge on any atom is -0.359 e. The highest BCUT2D eigenvalue weighted by molar-refractivity contribution is 6.33. The Labute approximate surface area is 256 Å². The summed E-state index contributed by atoms with van der Waals surface area (Å²) in [5.41, 5.74) is 2.71. The Morgan fingerprint density at radius 1 is 1.14 bits per heavy atom. The van der Waals surface area contributed by atoms with Gasteiger partial charge in [-0.15, -0.1) is 0 Å².